The van der Waals surface area contributed by atoms with E-state index in [2.05, 4.69) is 4.72 Å². The molecule has 3 aromatic rings. The van der Waals surface area contributed by atoms with Crippen molar-refractivity contribution in [2.75, 3.05) is 6.61 Å². The molecule has 0 aliphatic rings. The van der Waals surface area contributed by atoms with Crippen molar-refractivity contribution in [2.45, 2.75) is 24.8 Å². The molecule has 0 saturated carbocycles. The van der Waals surface area contributed by atoms with Crippen LogP contribution in [-0.4, -0.2) is 21.0 Å². The molecule has 0 spiro atoms. The molecule has 1 atom stereocenters. The van der Waals surface area contributed by atoms with Gasteiger partial charge in [0.05, 0.1) is 23.1 Å². The van der Waals surface area contributed by atoms with Gasteiger partial charge in [-0.05, 0) is 50.2 Å². The summed E-state index contributed by atoms with van der Waals surface area (Å²) in [6.07, 6.45) is 0. The Morgan fingerprint density at radius 1 is 1.15 bits per heavy atom. The van der Waals surface area contributed by atoms with Crippen molar-refractivity contribution in [3.8, 4) is 0 Å². The van der Waals surface area contributed by atoms with Crippen molar-refractivity contribution in [2.24, 2.45) is 0 Å². The Labute approximate surface area is 151 Å². The number of carbonyl (C=O) groups is 1. The number of furan rings is 1. The van der Waals surface area contributed by atoms with Crippen molar-refractivity contribution < 1.29 is 22.4 Å². The summed E-state index contributed by atoms with van der Waals surface area (Å²) in [7, 11) is -3.76. The normalized spacial score (nSPS) is 12.8. The van der Waals surface area contributed by atoms with Crippen molar-refractivity contribution in [1.82, 2.24) is 4.72 Å². The van der Waals surface area contributed by atoms with E-state index >= 15 is 0 Å². The third-order valence-corrected chi connectivity index (χ3v) is 5.44. The first-order valence-electron chi connectivity index (χ1n) is 8.18. The molecule has 0 fully saturated rings. The van der Waals surface area contributed by atoms with E-state index in [1.54, 1.807) is 13.8 Å². The molecule has 0 unspecified atom stereocenters. The molecule has 1 aromatic heterocycles. The maximum Gasteiger partial charge on any atom is 0.338 e. The molecule has 0 bridgehead atoms. The predicted octanol–water partition coefficient (Wildman–Crippen LogP) is 3.65. The molecule has 0 radical (unpaired) electrons. The highest BCUT2D eigenvalue weighted by atomic mass is 32.2. The summed E-state index contributed by atoms with van der Waals surface area (Å²) in [5.74, 6) is 0.0398. The average Bonchev–Trinajstić information content (AvgIpc) is 3.06. The number of benzene rings is 2. The third-order valence-electron chi connectivity index (χ3n) is 3.88. The maximum atomic E-state index is 12.6. The molecular formula is C19H19NO5S. The molecule has 1 N–H and O–H groups in total. The van der Waals surface area contributed by atoms with Crippen LogP contribution in [0.25, 0.3) is 11.0 Å². The molecule has 0 aliphatic carbocycles. The van der Waals surface area contributed by atoms with E-state index in [4.69, 9.17) is 9.15 Å². The quantitative estimate of drug-likeness (QED) is 0.667. The fourth-order valence-electron chi connectivity index (χ4n) is 2.56. The SMILES string of the molecule is CCOC(=O)c1ccc(S(=O)(=O)N[C@H](C)c2cc3ccccc3o2)cc1. The second-order valence-corrected chi connectivity index (χ2v) is 7.49. The molecule has 1 heterocycles. The topological polar surface area (TPSA) is 85.6 Å². The van der Waals surface area contributed by atoms with Crippen LogP contribution in [0.1, 0.15) is 36.0 Å². The van der Waals surface area contributed by atoms with Gasteiger partial charge in [-0.2, -0.15) is 0 Å². The van der Waals surface area contributed by atoms with E-state index in [1.165, 1.54) is 24.3 Å². The largest absolute Gasteiger partial charge is 0.462 e. The number of ether oxygens (including phenoxy) is 1. The van der Waals surface area contributed by atoms with Crippen LogP contribution < -0.4 is 4.72 Å². The Bertz CT molecular complexity index is 989. The summed E-state index contributed by atoms with van der Waals surface area (Å²) in [4.78, 5) is 11.7. The molecule has 3 rings (SSSR count). The zero-order valence-electron chi connectivity index (χ0n) is 14.4. The van der Waals surface area contributed by atoms with Crippen molar-refractivity contribution in [1.29, 1.82) is 0 Å². The van der Waals surface area contributed by atoms with E-state index in [0.29, 0.717) is 16.9 Å². The lowest BCUT2D eigenvalue weighted by molar-refractivity contribution is 0.0526. The van der Waals surface area contributed by atoms with Crippen LogP contribution in [0, 0.1) is 0 Å². The van der Waals surface area contributed by atoms with Gasteiger partial charge in [0.1, 0.15) is 11.3 Å². The zero-order valence-corrected chi connectivity index (χ0v) is 15.2. The van der Waals surface area contributed by atoms with Crippen LogP contribution in [0.15, 0.2) is 63.9 Å². The van der Waals surface area contributed by atoms with E-state index in [-0.39, 0.29) is 11.5 Å². The number of hydrogen-bond acceptors (Lipinski definition) is 5. The molecule has 7 heteroatoms. The minimum Gasteiger partial charge on any atom is -0.462 e. The standard InChI is InChI=1S/C19H19NO5S/c1-3-24-19(21)14-8-10-16(11-9-14)26(22,23)20-13(2)18-12-15-6-4-5-7-17(15)25-18/h4-13,20H,3H2,1-2H3/t13-/m1/s1. The second-order valence-electron chi connectivity index (χ2n) is 5.77. The maximum absolute atomic E-state index is 12.6. The van der Waals surface area contributed by atoms with Gasteiger partial charge in [0.25, 0.3) is 0 Å². The highest BCUT2D eigenvalue weighted by Gasteiger charge is 2.21. The van der Waals surface area contributed by atoms with Gasteiger partial charge in [0.2, 0.25) is 10.0 Å². The minimum atomic E-state index is -3.76. The summed E-state index contributed by atoms with van der Waals surface area (Å²) in [6.45, 7) is 3.68. The predicted molar refractivity (Wildman–Crippen MR) is 97.3 cm³/mol. The van der Waals surface area contributed by atoms with E-state index < -0.39 is 22.0 Å². The lowest BCUT2D eigenvalue weighted by atomic mass is 10.2. The smallest absolute Gasteiger partial charge is 0.338 e. The summed E-state index contributed by atoms with van der Waals surface area (Å²) in [5.41, 5.74) is 1.00. The number of fused-ring (bicyclic) bond motifs is 1. The van der Waals surface area contributed by atoms with Crippen LogP contribution in [0.5, 0.6) is 0 Å². The Morgan fingerprint density at radius 2 is 1.85 bits per heavy atom. The van der Waals surface area contributed by atoms with Crippen LogP contribution in [0.4, 0.5) is 0 Å². The third kappa shape index (κ3) is 3.79. The molecule has 26 heavy (non-hydrogen) atoms. The highest BCUT2D eigenvalue weighted by molar-refractivity contribution is 7.89. The van der Waals surface area contributed by atoms with E-state index in [0.717, 1.165) is 5.39 Å². The van der Waals surface area contributed by atoms with Gasteiger partial charge in [-0.3, -0.25) is 0 Å². The molecule has 2 aromatic carbocycles. The number of nitrogens with one attached hydrogen (secondary N) is 1. The van der Waals surface area contributed by atoms with Gasteiger partial charge in [-0.1, -0.05) is 18.2 Å². The van der Waals surface area contributed by atoms with Gasteiger partial charge in [-0.15, -0.1) is 0 Å². The van der Waals surface area contributed by atoms with E-state index in [1.807, 2.05) is 30.3 Å². The first kappa shape index (κ1) is 18.2. The van der Waals surface area contributed by atoms with E-state index in [9.17, 15) is 13.2 Å². The van der Waals surface area contributed by atoms with Crippen LogP contribution in [0.3, 0.4) is 0 Å². The molecular weight excluding hydrogens is 354 g/mol. The minimum absolute atomic E-state index is 0.0634. The number of carbonyl (C=O) groups excluding carboxylic acids is 1. The van der Waals surface area contributed by atoms with Gasteiger partial charge in [0.15, 0.2) is 0 Å². The van der Waals surface area contributed by atoms with Crippen LogP contribution in [-0.2, 0) is 14.8 Å². The van der Waals surface area contributed by atoms with Crippen molar-refractivity contribution >= 4 is 27.0 Å². The Balaban J connectivity index is 1.78. The summed E-state index contributed by atoms with van der Waals surface area (Å²) in [5, 5.41) is 0.910. The molecule has 136 valence electrons. The number of rotatable bonds is 6. The van der Waals surface area contributed by atoms with Gasteiger partial charge in [0, 0.05) is 5.39 Å². The first-order chi connectivity index (χ1) is 12.4. The highest BCUT2D eigenvalue weighted by Crippen LogP contribution is 2.25. The number of esters is 1. The van der Waals surface area contributed by atoms with Gasteiger partial charge >= 0.3 is 5.97 Å². The monoisotopic (exact) mass is 373 g/mol. The molecule has 6 nitrogen and oxygen atoms in total. The number of para-hydroxylation sites is 1. The average molecular weight is 373 g/mol. The molecule has 0 saturated heterocycles. The lowest BCUT2D eigenvalue weighted by Gasteiger charge is -2.12. The molecule has 0 aliphatic heterocycles. The van der Waals surface area contributed by atoms with Crippen LogP contribution >= 0.6 is 0 Å². The zero-order chi connectivity index (χ0) is 18.7. The summed E-state index contributed by atoms with van der Waals surface area (Å²) in [6, 6.07) is 14.4. The fourth-order valence-corrected chi connectivity index (χ4v) is 3.77. The Kier molecular flexibility index (Phi) is 5.11. The van der Waals surface area contributed by atoms with Crippen LogP contribution in [0.2, 0.25) is 0 Å². The van der Waals surface area contributed by atoms with Gasteiger partial charge < -0.3 is 9.15 Å². The fraction of sp³-hybridized carbons (Fsp3) is 0.211. The Morgan fingerprint density at radius 3 is 2.50 bits per heavy atom. The lowest BCUT2D eigenvalue weighted by Crippen LogP contribution is -2.26. The van der Waals surface area contributed by atoms with Crippen molar-refractivity contribution in [3.63, 3.8) is 0 Å². The number of sulfonamides is 1. The number of hydrogen-bond donors (Lipinski definition) is 1. The first-order valence-corrected chi connectivity index (χ1v) is 9.67. The second kappa shape index (κ2) is 7.31. The summed E-state index contributed by atoms with van der Waals surface area (Å²) >= 11 is 0. The van der Waals surface area contributed by atoms with Crippen molar-refractivity contribution in [3.05, 3.63) is 65.9 Å². The Hall–Kier alpha value is -2.64. The molecule has 0 amide bonds. The van der Waals surface area contributed by atoms with Gasteiger partial charge in [-0.25, -0.2) is 17.9 Å². The summed E-state index contributed by atoms with van der Waals surface area (Å²) < 4.78 is 38.3.